The second-order valence-electron chi connectivity index (χ2n) is 7.43. The Hall–Kier alpha value is -2.38. The summed E-state index contributed by atoms with van der Waals surface area (Å²) >= 11 is 0. The highest BCUT2D eigenvalue weighted by atomic mass is 32.2. The fourth-order valence-electron chi connectivity index (χ4n) is 3.01. The van der Waals surface area contributed by atoms with Crippen LogP contribution in [-0.4, -0.2) is 44.0 Å². The number of ether oxygens (including phenoxy) is 1. The maximum atomic E-state index is 13.2. The van der Waals surface area contributed by atoms with Crippen molar-refractivity contribution in [1.82, 2.24) is 4.31 Å². The van der Waals surface area contributed by atoms with Crippen molar-refractivity contribution in [1.29, 1.82) is 0 Å². The van der Waals surface area contributed by atoms with Gasteiger partial charge in [0, 0.05) is 13.1 Å². The van der Waals surface area contributed by atoms with Crippen LogP contribution in [-0.2, 0) is 21.2 Å². The quantitative estimate of drug-likeness (QED) is 0.728. The molecule has 28 heavy (non-hydrogen) atoms. The summed E-state index contributed by atoms with van der Waals surface area (Å²) in [5.41, 5.74) is 0.472. The molecule has 0 aliphatic heterocycles. The first-order valence-electron chi connectivity index (χ1n) is 8.91. The summed E-state index contributed by atoms with van der Waals surface area (Å²) < 4.78 is 32.6. The van der Waals surface area contributed by atoms with E-state index in [0.29, 0.717) is 5.75 Å². The van der Waals surface area contributed by atoms with Crippen LogP contribution < -0.4 is 4.74 Å². The Labute approximate surface area is 166 Å². The lowest BCUT2D eigenvalue weighted by Gasteiger charge is -2.37. The topological polar surface area (TPSA) is 83.9 Å². The minimum atomic E-state index is -3.86. The Balaban J connectivity index is 2.45. The SMILES string of the molecule is COc1ccc(CC(N(C)S(=O)(=O)c2ccc(C)cc2)C(C)(C)C(=O)O)cc1. The molecule has 2 rings (SSSR count). The van der Waals surface area contributed by atoms with E-state index in [0.717, 1.165) is 11.1 Å². The average molecular weight is 406 g/mol. The van der Waals surface area contributed by atoms with Crippen LogP contribution >= 0.6 is 0 Å². The highest BCUT2D eigenvalue weighted by Crippen LogP contribution is 2.32. The number of hydrogen-bond donors (Lipinski definition) is 1. The molecule has 1 atom stereocenters. The highest BCUT2D eigenvalue weighted by Gasteiger charge is 2.43. The van der Waals surface area contributed by atoms with Crippen LogP contribution in [0.5, 0.6) is 5.75 Å². The van der Waals surface area contributed by atoms with Gasteiger partial charge in [0.15, 0.2) is 0 Å². The summed E-state index contributed by atoms with van der Waals surface area (Å²) in [5.74, 6) is -0.379. The van der Waals surface area contributed by atoms with E-state index in [1.54, 1.807) is 57.4 Å². The largest absolute Gasteiger partial charge is 0.497 e. The first-order chi connectivity index (χ1) is 13.0. The number of carboxylic acids is 1. The van der Waals surface area contributed by atoms with Crippen molar-refractivity contribution in [2.24, 2.45) is 5.41 Å². The monoisotopic (exact) mass is 405 g/mol. The molecule has 0 aliphatic carbocycles. The summed E-state index contributed by atoms with van der Waals surface area (Å²) in [6.45, 7) is 4.97. The second kappa shape index (κ2) is 8.32. The average Bonchev–Trinajstić information content (AvgIpc) is 2.66. The molecule has 0 spiro atoms. The zero-order chi connectivity index (χ0) is 21.1. The van der Waals surface area contributed by atoms with Crippen molar-refractivity contribution >= 4 is 16.0 Å². The molecule has 0 saturated heterocycles. The van der Waals surface area contributed by atoms with E-state index in [1.165, 1.54) is 11.4 Å². The molecule has 0 aliphatic rings. The summed E-state index contributed by atoms with van der Waals surface area (Å²) in [4.78, 5) is 12.1. The third-order valence-electron chi connectivity index (χ3n) is 5.11. The van der Waals surface area contributed by atoms with Crippen LogP contribution in [0.2, 0.25) is 0 Å². The van der Waals surface area contributed by atoms with E-state index in [2.05, 4.69) is 0 Å². The minimum Gasteiger partial charge on any atom is -0.497 e. The molecule has 0 heterocycles. The number of benzene rings is 2. The predicted octanol–water partition coefficient (Wildman–Crippen LogP) is 3.35. The van der Waals surface area contributed by atoms with Crippen LogP contribution in [0.25, 0.3) is 0 Å². The normalized spacial score (nSPS) is 13.4. The Morgan fingerprint density at radius 3 is 2.11 bits per heavy atom. The van der Waals surface area contributed by atoms with E-state index in [-0.39, 0.29) is 11.3 Å². The maximum absolute atomic E-state index is 13.2. The van der Waals surface area contributed by atoms with Crippen molar-refractivity contribution in [3.05, 3.63) is 59.7 Å². The molecule has 6 nitrogen and oxygen atoms in total. The van der Waals surface area contributed by atoms with Crippen LogP contribution in [0, 0.1) is 12.3 Å². The van der Waals surface area contributed by atoms with Gasteiger partial charge in [0.1, 0.15) is 5.75 Å². The van der Waals surface area contributed by atoms with E-state index < -0.39 is 27.4 Å². The van der Waals surface area contributed by atoms with E-state index in [4.69, 9.17) is 4.74 Å². The number of carboxylic acid groups (broad SMARTS) is 1. The Kier molecular flexibility index (Phi) is 6.52. The lowest BCUT2D eigenvalue weighted by Crippen LogP contribution is -2.50. The van der Waals surface area contributed by atoms with Crippen molar-refractivity contribution in [3.63, 3.8) is 0 Å². The van der Waals surface area contributed by atoms with E-state index in [9.17, 15) is 18.3 Å². The lowest BCUT2D eigenvalue weighted by molar-refractivity contribution is -0.149. The van der Waals surface area contributed by atoms with E-state index >= 15 is 0 Å². The molecule has 1 unspecified atom stereocenters. The van der Waals surface area contributed by atoms with E-state index in [1.807, 2.05) is 19.1 Å². The summed E-state index contributed by atoms with van der Waals surface area (Å²) in [7, 11) is -0.858. The summed E-state index contributed by atoms with van der Waals surface area (Å²) in [6, 6.07) is 12.9. The molecule has 0 radical (unpaired) electrons. The number of aryl methyl sites for hydroxylation is 1. The number of likely N-dealkylation sites (N-methyl/N-ethyl adjacent to an activating group) is 1. The first kappa shape index (κ1) is 21.9. The summed E-state index contributed by atoms with van der Waals surface area (Å²) in [6.07, 6.45) is 0.255. The van der Waals surface area contributed by atoms with Gasteiger partial charge in [0.2, 0.25) is 10.0 Å². The van der Waals surface area contributed by atoms with Crippen molar-refractivity contribution < 1.29 is 23.1 Å². The molecule has 0 amide bonds. The van der Waals surface area contributed by atoms with Crippen LogP contribution in [0.3, 0.4) is 0 Å². The molecule has 0 fully saturated rings. The number of aliphatic carboxylic acids is 1. The Morgan fingerprint density at radius 1 is 1.11 bits per heavy atom. The van der Waals surface area contributed by atoms with Crippen molar-refractivity contribution in [2.45, 2.75) is 38.1 Å². The van der Waals surface area contributed by atoms with Gasteiger partial charge < -0.3 is 9.84 Å². The number of sulfonamides is 1. The third-order valence-corrected chi connectivity index (χ3v) is 6.99. The van der Waals surface area contributed by atoms with Gasteiger partial charge in [-0.1, -0.05) is 29.8 Å². The molecule has 7 heteroatoms. The standard InChI is InChI=1S/C21H27NO5S/c1-15-6-12-18(13-7-15)28(25,26)22(4)19(21(2,3)20(23)24)14-16-8-10-17(27-5)11-9-16/h6-13,19H,14H2,1-5H3,(H,23,24). The number of carbonyl (C=O) groups is 1. The van der Waals surface area contributed by atoms with Gasteiger partial charge in [-0.25, -0.2) is 8.42 Å². The van der Waals surface area contributed by atoms with Gasteiger partial charge in [-0.15, -0.1) is 0 Å². The molecule has 2 aromatic carbocycles. The van der Waals surface area contributed by atoms with Gasteiger partial charge in [-0.05, 0) is 57.0 Å². The Bertz CT molecular complexity index is 918. The molecular formula is C21H27NO5S. The van der Waals surface area contributed by atoms with Gasteiger partial charge in [0.05, 0.1) is 17.4 Å². The summed E-state index contributed by atoms with van der Waals surface area (Å²) in [5, 5.41) is 9.75. The molecule has 0 aromatic heterocycles. The fraction of sp³-hybridized carbons (Fsp3) is 0.381. The molecule has 152 valence electrons. The van der Waals surface area contributed by atoms with Crippen LogP contribution in [0.15, 0.2) is 53.4 Å². The Morgan fingerprint density at radius 2 is 1.64 bits per heavy atom. The van der Waals surface area contributed by atoms with Gasteiger partial charge >= 0.3 is 5.97 Å². The number of hydrogen-bond acceptors (Lipinski definition) is 4. The van der Waals surface area contributed by atoms with Gasteiger partial charge in [-0.3, -0.25) is 4.79 Å². The molecule has 0 bridgehead atoms. The molecular weight excluding hydrogens is 378 g/mol. The van der Waals surface area contributed by atoms with Gasteiger partial charge in [-0.2, -0.15) is 4.31 Å². The van der Waals surface area contributed by atoms with Gasteiger partial charge in [0.25, 0.3) is 0 Å². The number of rotatable bonds is 8. The molecule has 2 aromatic rings. The maximum Gasteiger partial charge on any atom is 0.310 e. The minimum absolute atomic E-state index is 0.140. The molecule has 1 N–H and O–H groups in total. The first-order valence-corrected chi connectivity index (χ1v) is 10.3. The predicted molar refractivity (Wildman–Crippen MR) is 108 cm³/mol. The fourth-order valence-corrected chi connectivity index (χ4v) is 4.50. The number of methoxy groups -OCH3 is 1. The zero-order valence-corrected chi connectivity index (χ0v) is 17.7. The smallest absolute Gasteiger partial charge is 0.310 e. The zero-order valence-electron chi connectivity index (χ0n) is 16.8. The van der Waals surface area contributed by atoms with Crippen molar-refractivity contribution in [2.75, 3.05) is 14.2 Å². The lowest BCUT2D eigenvalue weighted by atomic mass is 9.81. The van der Waals surface area contributed by atoms with Crippen LogP contribution in [0.4, 0.5) is 0 Å². The highest BCUT2D eigenvalue weighted by molar-refractivity contribution is 7.89. The molecule has 0 saturated carbocycles. The van der Waals surface area contributed by atoms with Crippen molar-refractivity contribution in [3.8, 4) is 5.75 Å². The third kappa shape index (κ3) is 4.54. The number of nitrogens with zero attached hydrogens (tertiary/aromatic N) is 1. The second-order valence-corrected chi connectivity index (χ2v) is 9.43. The van der Waals surface area contributed by atoms with Crippen LogP contribution in [0.1, 0.15) is 25.0 Å².